The van der Waals surface area contributed by atoms with Gasteiger partial charge >= 0.3 is 0 Å². The Balaban J connectivity index is 1.58. The lowest BCUT2D eigenvalue weighted by Gasteiger charge is -2.41. The highest BCUT2D eigenvalue weighted by atomic mass is 32.2. The number of Topliss-reactive ketones (excluding diaryl/α,β-unsaturated/α-hetero) is 1. The number of ketones is 1. The van der Waals surface area contributed by atoms with Crippen LogP contribution in [0.25, 0.3) is 0 Å². The topological polar surface area (TPSA) is 26.3 Å². The maximum atomic E-state index is 12.9. The van der Waals surface area contributed by atoms with Crippen LogP contribution in [0.2, 0.25) is 0 Å². The first kappa shape index (κ1) is 19.1. The molecule has 0 N–H and O–H groups in total. The van der Waals surface area contributed by atoms with Crippen LogP contribution in [0.5, 0.6) is 0 Å². The van der Waals surface area contributed by atoms with Crippen molar-refractivity contribution in [1.29, 1.82) is 0 Å². The maximum absolute atomic E-state index is 12.9. The summed E-state index contributed by atoms with van der Waals surface area (Å²) in [4.78, 5) is 14.0. The molecule has 4 aliphatic carbocycles. The molecule has 2 bridgehead atoms. The standard InChI is InChI=1S/C23H36O2S/c1-21(2,3)13-25-20-19(16-10-11-23(20,6)22(16,4)5)26-17-12-14-8-7-9-15(14)18(17)24/h12,14-16,19-20H,7-11,13H2,1-6H3/t14?,15?,16-,19-,20-,23+/m0/s1. The van der Waals surface area contributed by atoms with Crippen molar-refractivity contribution in [2.24, 2.45) is 34.0 Å². The smallest absolute Gasteiger partial charge is 0.172 e. The van der Waals surface area contributed by atoms with Gasteiger partial charge in [0.2, 0.25) is 0 Å². The molecule has 0 radical (unpaired) electrons. The molecule has 6 atom stereocenters. The Bertz CT molecular complexity index is 629. The molecule has 146 valence electrons. The number of hydrogen-bond acceptors (Lipinski definition) is 3. The SMILES string of the molecule is CC(C)(C)CO[C@H]1[C@@H](SC2=CC3CCCC3C2=O)[C@@H]2CC[C@@]1(C)C2(C)C. The molecule has 2 unspecified atom stereocenters. The van der Waals surface area contributed by atoms with Gasteiger partial charge in [-0.25, -0.2) is 0 Å². The van der Waals surface area contributed by atoms with Gasteiger partial charge in [0.15, 0.2) is 5.78 Å². The molecule has 0 aromatic rings. The van der Waals surface area contributed by atoms with Crippen LogP contribution in [0, 0.1) is 34.0 Å². The summed E-state index contributed by atoms with van der Waals surface area (Å²) < 4.78 is 6.63. The molecule has 2 nitrogen and oxygen atoms in total. The number of ether oxygens (including phenoxy) is 1. The lowest BCUT2D eigenvalue weighted by Crippen LogP contribution is -2.42. The van der Waals surface area contributed by atoms with Gasteiger partial charge in [0.25, 0.3) is 0 Å². The van der Waals surface area contributed by atoms with Crippen molar-refractivity contribution in [3.8, 4) is 0 Å². The first-order chi connectivity index (χ1) is 12.0. The highest BCUT2D eigenvalue weighted by molar-refractivity contribution is 8.04. The van der Waals surface area contributed by atoms with Gasteiger partial charge in [-0.2, -0.15) is 0 Å². The molecule has 0 spiro atoms. The molecular weight excluding hydrogens is 340 g/mol. The average Bonchev–Trinajstić information content (AvgIpc) is 3.18. The van der Waals surface area contributed by atoms with Crippen molar-refractivity contribution in [2.45, 2.75) is 85.0 Å². The van der Waals surface area contributed by atoms with Crippen molar-refractivity contribution < 1.29 is 9.53 Å². The van der Waals surface area contributed by atoms with Crippen LogP contribution in [0.3, 0.4) is 0 Å². The summed E-state index contributed by atoms with van der Waals surface area (Å²) >= 11 is 1.89. The van der Waals surface area contributed by atoms with E-state index in [2.05, 4.69) is 47.6 Å². The molecule has 3 fully saturated rings. The summed E-state index contributed by atoms with van der Waals surface area (Å²) in [5, 5.41) is 0.431. The fourth-order valence-corrected chi connectivity index (χ4v) is 8.16. The van der Waals surface area contributed by atoms with E-state index >= 15 is 0 Å². The van der Waals surface area contributed by atoms with Crippen molar-refractivity contribution in [1.82, 2.24) is 0 Å². The molecule has 0 aliphatic heterocycles. The van der Waals surface area contributed by atoms with Gasteiger partial charge in [-0.15, -0.1) is 11.8 Å². The molecular formula is C23H36O2S. The van der Waals surface area contributed by atoms with Gasteiger partial charge in [0.1, 0.15) is 0 Å². The third-order valence-electron chi connectivity index (χ3n) is 8.17. The Morgan fingerprint density at radius 3 is 2.58 bits per heavy atom. The van der Waals surface area contributed by atoms with E-state index in [1.165, 1.54) is 25.7 Å². The molecule has 0 heterocycles. The van der Waals surface area contributed by atoms with Crippen molar-refractivity contribution in [2.75, 3.05) is 6.61 Å². The number of carbonyl (C=O) groups is 1. The van der Waals surface area contributed by atoms with Gasteiger partial charge in [-0.05, 0) is 48.3 Å². The van der Waals surface area contributed by atoms with E-state index in [9.17, 15) is 4.79 Å². The molecule has 3 heteroatoms. The first-order valence-corrected chi connectivity index (χ1v) is 11.5. The van der Waals surface area contributed by atoms with Crippen LogP contribution in [-0.2, 0) is 9.53 Å². The normalized spacial score (nSPS) is 43.8. The van der Waals surface area contributed by atoms with E-state index in [4.69, 9.17) is 4.74 Å². The Morgan fingerprint density at radius 1 is 1.19 bits per heavy atom. The summed E-state index contributed by atoms with van der Waals surface area (Å²) in [5.41, 5.74) is 0.682. The Hall–Kier alpha value is -0.280. The monoisotopic (exact) mass is 376 g/mol. The molecule has 26 heavy (non-hydrogen) atoms. The van der Waals surface area contributed by atoms with E-state index in [1.807, 2.05) is 11.8 Å². The minimum absolute atomic E-state index is 0.178. The minimum Gasteiger partial charge on any atom is -0.376 e. The number of fused-ring (bicyclic) bond motifs is 3. The third-order valence-corrected chi connectivity index (χ3v) is 9.61. The zero-order valence-corrected chi connectivity index (χ0v) is 18.2. The summed E-state index contributed by atoms with van der Waals surface area (Å²) in [6.07, 6.45) is 8.67. The predicted molar refractivity (Wildman–Crippen MR) is 109 cm³/mol. The summed E-state index contributed by atoms with van der Waals surface area (Å²) in [5.74, 6) is 1.92. The number of carbonyl (C=O) groups excluding carboxylic acids is 1. The average molecular weight is 377 g/mol. The second-order valence-electron chi connectivity index (χ2n) is 11.3. The number of thioether (sulfide) groups is 1. The zero-order chi connectivity index (χ0) is 18.9. The van der Waals surface area contributed by atoms with E-state index in [-0.39, 0.29) is 22.3 Å². The lowest BCUT2D eigenvalue weighted by molar-refractivity contribution is -0.118. The maximum Gasteiger partial charge on any atom is 0.172 e. The highest BCUT2D eigenvalue weighted by Gasteiger charge is 2.67. The Kier molecular flexibility index (Phi) is 4.48. The van der Waals surface area contributed by atoms with Crippen LogP contribution < -0.4 is 0 Å². The van der Waals surface area contributed by atoms with E-state index < -0.39 is 0 Å². The molecule has 0 aromatic carbocycles. The zero-order valence-electron chi connectivity index (χ0n) is 17.4. The molecule has 0 amide bonds. The molecule has 3 saturated carbocycles. The quantitative estimate of drug-likeness (QED) is 0.615. The highest BCUT2D eigenvalue weighted by Crippen LogP contribution is 2.69. The number of hydrogen-bond donors (Lipinski definition) is 0. The van der Waals surface area contributed by atoms with E-state index in [0.717, 1.165) is 17.9 Å². The second kappa shape index (κ2) is 6.11. The third kappa shape index (κ3) is 2.75. The lowest BCUT2D eigenvalue weighted by atomic mass is 9.70. The summed E-state index contributed by atoms with van der Waals surface area (Å²) in [7, 11) is 0. The molecule has 0 saturated heterocycles. The largest absolute Gasteiger partial charge is 0.376 e. The van der Waals surface area contributed by atoms with Crippen LogP contribution >= 0.6 is 11.8 Å². The Morgan fingerprint density at radius 2 is 1.92 bits per heavy atom. The van der Waals surface area contributed by atoms with Crippen LogP contribution in [0.15, 0.2) is 11.0 Å². The van der Waals surface area contributed by atoms with E-state index in [0.29, 0.717) is 28.8 Å². The summed E-state index contributed by atoms with van der Waals surface area (Å²) in [6, 6.07) is 0. The van der Waals surface area contributed by atoms with Gasteiger partial charge in [-0.3, -0.25) is 4.79 Å². The Labute approximate surface area is 163 Å². The second-order valence-corrected chi connectivity index (χ2v) is 12.5. The predicted octanol–water partition coefficient (Wildman–Crippen LogP) is 5.86. The van der Waals surface area contributed by atoms with Gasteiger partial charge in [0, 0.05) is 21.5 Å². The van der Waals surface area contributed by atoms with Gasteiger partial charge in [0.05, 0.1) is 12.7 Å². The molecule has 4 aliphatic rings. The number of allylic oxidation sites excluding steroid dienone is 2. The molecule has 4 rings (SSSR count). The first-order valence-electron chi connectivity index (χ1n) is 10.6. The van der Waals surface area contributed by atoms with Crippen molar-refractivity contribution >= 4 is 17.5 Å². The van der Waals surface area contributed by atoms with Gasteiger partial charge < -0.3 is 4.74 Å². The fraction of sp³-hybridized carbons (Fsp3) is 0.870. The fourth-order valence-electron chi connectivity index (χ4n) is 6.20. The van der Waals surface area contributed by atoms with E-state index in [1.54, 1.807) is 0 Å². The molecule has 0 aromatic heterocycles. The van der Waals surface area contributed by atoms with Crippen molar-refractivity contribution in [3.05, 3.63) is 11.0 Å². The van der Waals surface area contributed by atoms with Crippen LogP contribution in [0.4, 0.5) is 0 Å². The van der Waals surface area contributed by atoms with Gasteiger partial charge in [-0.1, -0.05) is 54.0 Å². The summed E-state index contributed by atoms with van der Waals surface area (Å²) in [6.45, 7) is 14.9. The van der Waals surface area contributed by atoms with Crippen molar-refractivity contribution in [3.63, 3.8) is 0 Å². The minimum atomic E-state index is 0.178. The number of rotatable bonds is 4. The van der Waals surface area contributed by atoms with Crippen LogP contribution in [-0.4, -0.2) is 23.7 Å². The van der Waals surface area contributed by atoms with Crippen LogP contribution in [0.1, 0.15) is 73.6 Å².